The molecule has 6 rings (SSSR count). The van der Waals surface area contributed by atoms with E-state index in [2.05, 4.69) is 106 Å². The maximum atomic E-state index is 10.6. The number of carboxylic acid groups (broad SMARTS) is 1. The lowest BCUT2D eigenvalue weighted by Gasteiger charge is -2.12. The van der Waals surface area contributed by atoms with Gasteiger partial charge in [-0.25, -0.2) is 19.7 Å². The molecular formula is C35H33N5O2. The number of benzene rings is 4. The molecule has 4 aromatic carbocycles. The van der Waals surface area contributed by atoms with Gasteiger partial charge in [0.25, 0.3) is 0 Å². The molecule has 0 bridgehead atoms. The number of rotatable bonds is 8. The van der Waals surface area contributed by atoms with Crippen molar-refractivity contribution in [3.63, 3.8) is 0 Å². The van der Waals surface area contributed by atoms with E-state index in [1.54, 1.807) is 18.6 Å². The second-order valence-electron chi connectivity index (χ2n) is 10.3. The molecule has 0 fully saturated rings. The molecule has 0 amide bonds. The van der Waals surface area contributed by atoms with Crippen LogP contribution in [0, 0.1) is 0 Å². The third-order valence-electron chi connectivity index (χ3n) is 6.67. The normalized spacial score (nSPS) is 10.8. The molecule has 0 aliphatic rings. The first-order chi connectivity index (χ1) is 20.5. The molecule has 0 unspecified atom stereocenters. The summed E-state index contributed by atoms with van der Waals surface area (Å²) in [6.07, 6.45) is 3.19. The van der Waals surface area contributed by atoms with Crippen LogP contribution in [0.4, 0.5) is 5.82 Å². The van der Waals surface area contributed by atoms with Crippen LogP contribution in [0.25, 0.3) is 32.8 Å². The molecule has 0 radical (unpaired) electrons. The van der Waals surface area contributed by atoms with Crippen LogP contribution in [-0.4, -0.2) is 32.1 Å². The molecule has 7 nitrogen and oxygen atoms in total. The van der Waals surface area contributed by atoms with Gasteiger partial charge in [-0.3, -0.25) is 0 Å². The number of nitrogens with one attached hydrogen (secondary N) is 2. The number of carbonyl (C=O) groups is 1. The Bertz CT molecular complexity index is 1800. The van der Waals surface area contributed by atoms with Crippen LogP contribution in [0.1, 0.15) is 35.5 Å². The third-order valence-corrected chi connectivity index (χ3v) is 6.67. The van der Waals surface area contributed by atoms with Gasteiger partial charge in [0.1, 0.15) is 17.8 Å². The van der Waals surface area contributed by atoms with Gasteiger partial charge in [0, 0.05) is 36.1 Å². The van der Waals surface area contributed by atoms with Gasteiger partial charge in [-0.15, -0.1) is 0 Å². The Hall–Kier alpha value is -5.14. The number of anilines is 1. The predicted octanol–water partition coefficient (Wildman–Crippen LogP) is 7.34. The Morgan fingerprint density at radius 1 is 0.738 bits per heavy atom. The number of pyridine rings is 1. The largest absolute Gasteiger partial charge is 0.477 e. The fourth-order valence-corrected chi connectivity index (χ4v) is 4.63. The summed E-state index contributed by atoms with van der Waals surface area (Å²) >= 11 is 0. The molecule has 7 heteroatoms. The summed E-state index contributed by atoms with van der Waals surface area (Å²) in [4.78, 5) is 23.2. The fraction of sp³-hybridized carbons (Fsp3) is 0.143. The van der Waals surface area contributed by atoms with Gasteiger partial charge in [-0.05, 0) is 65.8 Å². The zero-order valence-electron chi connectivity index (χ0n) is 23.7. The number of hydrogen-bond acceptors (Lipinski definition) is 6. The molecule has 0 saturated heterocycles. The minimum absolute atomic E-state index is 0.0821. The molecule has 6 aromatic rings. The molecule has 0 aliphatic carbocycles. The van der Waals surface area contributed by atoms with Crippen molar-refractivity contribution in [3.8, 4) is 11.1 Å². The highest BCUT2D eigenvalue weighted by Crippen LogP contribution is 2.28. The van der Waals surface area contributed by atoms with Crippen molar-refractivity contribution < 1.29 is 9.90 Å². The SMILES string of the molecule is CC(C)Nc1ncnc2ccc(-c3cccc(CNCc4ccccc4)c3)cc12.O=C(O)c1cc2ccccc2cn1. The van der Waals surface area contributed by atoms with E-state index in [4.69, 9.17) is 5.11 Å². The Kier molecular flexibility index (Phi) is 9.11. The zero-order valence-corrected chi connectivity index (χ0v) is 23.7. The summed E-state index contributed by atoms with van der Waals surface area (Å²) in [5, 5.41) is 18.5. The molecule has 0 atom stereocenters. The quantitative estimate of drug-likeness (QED) is 0.181. The first-order valence-corrected chi connectivity index (χ1v) is 13.9. The summed E-state index contributed by atoms with van der Waals surface area (Å²) < 4.78 is 0. The second-order valence-corrected chi connectivity index (χ2v) is 10.3. The second kappa shape index (κ2) is 13.5. The third kappa shape index (κ3) is 7.33. The van der Waals surface area contributed by atoms with Crippen LogP contribution >= 0.6 is 0 Å². The van der Waals surface area contributed by atoms with Crippen molar-refractivity contribution in [2.24, 2.45) is 0 Å². The molecule has 0 aliphatic heterocycles. The van der Waals surface area contributed by atoms with E-state index in [9.17, 15) is 4.79 Å². The van der Waals surface area contributed by atoms with E-state index >= 15 is 0 Å². The van der Waals surface area contributed by atoms with Gasteiger partial charge in [0.05, 0.1) is 5.52 Å². The minimum atomic E-state index is -0.995. The Labute approximate surface area is 245 Å². The van der Waals surface area contributed by atoms with Crippen molar-refractivity contribution >= 4 is 33.5 Å². The highest BCUT2D eigenvalue weighted by Gasteiger charge is 2.08. The molecule has 2 aromatic heterocycles. The van der Waals surface area contributed by atoms with Gasteiger partial charge in [-0.2, -0.15) is 0 Å². The molecular weight excluding hydrogens is 522 g/mol. The summed E-state index contributed by atoms with van der Waals surface area (Å²) in [5.74, 6) is -0.113. The lowest BCUT2D eigenvalue weighted by molar-refractivity contribution is 0.0690. The summed E-state index contributed by atoms with van der Waals surface area (Å²) in [6.45, 7) is 5.93. The zero-order chi connectivity index (χ0) is 29.3. The van der Waals surface area contributed by atoms with Crippen LogP contribution in [0.5, 0.6) is 0 Å². The Balaban J connectivity index is 0.000000226. The number of fused-ring (bicyclic) bond motifs is 2. The summed E-state index contributed by atoms with van der Waals surface area (Å²) in [5.41, 5.74) is 5.97. The van der Waals surface area contributed by atoms with Crippen LogP contribution < -0.4 is 10.6 Å². The summed E-state index contributed by atoms with van der Waals surface area (Å²) in [6, 6.07) is 34.9. The van der Waals surface area contributed by atoms with Crippen LogP contribution in [0.15, 0.2) is 116 Å². The summed E-state index contributed by atoms with van der Waals surface area (Å²) in [7, 11) is 0. The number of nitrogens with zero attached hydrogens (tertiary/aromatic N) is 3. The molecule has 42 heavy (non-hydrogen) atoms. The van der Waals surface area contributed by atoms with Crippen molar-refractivity contribution in [2.45, 2.75) is 33.0 Å². The van der Waals surface area contributed by atoms with Gasteiger partial charge >= 0.3 is 5.97 Å². The Morgan fingerprint density at radius 3 is 2.24 bits per heavy atom. The average Bonchev–Trinajstić information content (AvgIpc) is 3.01. The number of hydrogen-bond donors (Lipinski definition) is 3. The first-order valence-electron chi connectivity index (χ1n) is 13.9. The van der Waals surface area contributed by atoms with Gasteiger partial charge in [0.15, 0.2) is 0 Å². The highest BCUT2D eigenvalue weighted by atomic mass is 16.4. The predicted molar refractivity (Wildman–Crippen MR) is 169 cm³/mol. The molecule has 3 N–H and O–H groups in total. The van der Waals surface area contributed by atoms with E-state index in [1.807, 2.05) is 30.3 Å². The monoisotopic (exact) mass is 555 g/mol. The highest BCUT2D eigenvalue weighted by molar-refractivity contribution is 5.93. The lowest BCUT2D eigenvalue weighted by Crippen LogP contribution is -2.12. The minimum Gasteiger partial charge on any atom is -0.477 e. The van der Waals surface area contributed by atoms with Crippen molar-refractivity contribution in [3.05, 3.63) is 132 Å². The van der Waals surface area contributed by atoms with E-state index in [0.29, 0.717) is 6.04 Å². The van der Waals surface area contributed by atoms with E-state index < -0.39 is 5.97 Å². The van der Waals surface area contributed by atoms with Crippen molar-refractivity contribution in [1.29, 1.82) is 0 Å². The van der Waals surface area contributed by atoms with E-state index in [1.165, 1.54) is 22.3 Å². The van der Waals surface area contributed by atoms with E-state index in [0.717, 1.165) is 40.6 Å². The number of aromatic carboxylic acids is 1. The first kappa shape index (κ1) is 28.4. The van der Waals surface area contributed by atoms with Crippen LogP contribution in [0.3, 0.4) is 0 Å². The molecule has 0 spiro atoms. The smallest absolute Gasteiger partial charge is 0.354 e. The molecule has 2 heterocycles. The van der Waals surface area contributed by atoms with Gasteiger partial charge in [0.2, 0.25) is 0 Å². The van der Waals surface area contributed by atoms with Crippen LogP contribution in [-0.2, 0) is 13.1 Å². The van der Waals surface area contributed by atoms with Crippen molar-refractivity contribution in [2.75, 3.05) is 5.32 Å². The van der Waals surface area contributed by atoms with Gasteiger partial charge < -0.3 is 15.7 Å². The van der Waals surface area contributed by atoms with Crippen molar-refractivity contribution in [1.82, 2.24) is 20.3 Å². The Morgan fingerprint density at radius 2 is 1.45 bits per heavy atom. The average molecular weight is 556 g/mol. The van der Waals surface area contributed by atoms with Gasteiger partial charge in [-0.1, -0.05) is 78.9 Å². The number of aromatic nitrogens is 3. The topological polar surface area (TPSA) is 100 Å². The standard InChI is InChI=1S/C25H26N4.C10H7NO2/c1-18(2)29-25-23-14-22(11-12-24(23)27-17-28-25)21-10-6-9-20(13-21)16-26-15-19-7-4-3-5-8-19;12-10(13)9-5-7-3-1-2-4-8(7)6-11-9/h3-14,17-18,26H,15-16H2,1-2H3,(H,27,28,29);1-6H,(H,12,13). The van der Waals surface area contributed by atoms with E-state index in [-0.39, 0.29) is 5.69 Å². The maximum Gasteiger partial charge on any atom is 0.354 e. The molecule has 0 saturated carbocycles. The number of carboxylic acids is 1. The fourth-order valence-electron chi connectivity index (χ4n) is 4.63. The van der Waals surface area contributed by atoms with Crippen LogP contribution in [0.2, 0.25) is 0 Å². The lowest BCUT2D eigenvalue weighted by atomic mass is 10.0. The maximum absolute atomic E-state index is 10.6. The molecule has 210 valence electrons.